The van der Waals surface area contributed by atoms with E-state index < -0.39 is 0 Å². The van der Waals surface area contributed by atoms with Crippen LogP contribution in [0, 0.1) is 87.3 Å². The molecule has 10 atom stereocenters. The monoisotopic (exact) mass is 556 g/mol. The topological polar surface area (TPSA) is 3.24 Å². The standard InChI is InChI=1S/C39H73N/c1-14-27(7)39-21-19-34(33(26(5)6)20-22-40(12)13)35(39)18-16-17-32(25(3)4)28(8)29(9)38(11,37(39,10)15-2)36-30-23-31(36)24-30/h25-36H,14-24H2,1-13H3/t27?,28?,29?,30?,31?,32?,33?,34?,35?,36?,37?,38-,39?/m1/s1. The van der Waals surface area contributed by atoms with Crippen molar-refractivity contribution in [2.75, 3.05) is 20.6 Å². The summed E-state index contributed by atoms with van der Waals surface area (Å²) in [5.41, 5.74) is 1.30. The third-order valence-electron chi connectivity index (χ3n) is 16.0. The van der Waals surface area contributed by atoms with Gasteiger partial charge in [-0.15, -0.1) is 0 Å². The number of hydrogen-bond donors (Lipinski definition) is 0. The lowest BCUT2D eigenvalue weighted by Crippen LogP contribution is -2.69. The quantitative estimate of drug-likeness (QED) is 0.259. The number of fused-ring (bicyclic) bond motifs is 1. The van der Waals surface area contributed by atoms with Crippen LogP contribution in [0.25, 0.3) is 0 Å². The Kier molecular flexibility index (Phi) is 9.99. The first-order valence-corrected chi connectivity index (χ1v) is 18.4. The Morgan fingerprint density at radius 1 is 0.850 bits per heavy atom. The van der Waals surface area contributed by atoms with E-state index in [0.29, 0.717) is 16.2 Å². The Hall–Kier alpha value is -0.0400. The van der Waals surface area contributed by atoms with Gasteiger partial charge in [0.15, 0.2) is 0 Å². The molecule has 5 fully saturated rings. The molecule has 0 aliphatic heterocycles. The van der Waals surface area contributed by atoms with Crippen molar-refractivity contribution in [1.29, 1.82) is 0 Å². The smallest absolute Gasteiger partial charge is 0.00220 e. The first kappa shape index (κ1) is 32.9. The lowest BCUT2D eigenvalue weighted by Gasteiger charge is -2.75. The second-order valence-corrected chi connectivity index (χ2v) is 17.6. The van der Waals surface area contributed by atoms with Gasteiger partial charge in [-0.3, -0.25) is 0 Å². The minimum absolute atomic E-state index is 0.395. The molecule has 0 aromatic carbocycles. The summed E-state index contributed by atoms with van der Waals surface area (Å²) in [5.74, 6) is 10.6. The molecule has 0 spiro atoms. The molecule has 5 aliphatic carbocycles. The molecule has 40 heavy (non-hydrogen) atoms. The summed E-state index contributed by atoms with van der Waals surface area (Å²) in [6.07, 6.45) is 14.6. The van der Waals surface area contributed by atoms with Gasteiger partial charge in [0.05, 0.1) is 0 Å². The fourth-order valence-electron chi connectivity index (χ4n) is 13.2. The fourth-order valence-corrected chi connectivity index (χ4v) is 13.2. The molecule has 0 N–H and O–H groups in total. The summed E-state index contributed by atoms with van der Waals surface area (Å²) in [4.78, 5) is 2.45. The SMILES string of the molecule is CCC(C)C12CCC(C(CCN(C)C)C(C)C)C1CCCC(C(C)C)C(C)C(C)[C@](C)(C1C3CC1C3)C2(C)CC. The molecule has 0 radical (unpaired) electrons. The third kappa shape index (κ3) is 4.80. The fraction of sp³-hybridized carbons (Fsp3) is 1.00. The van der Waals surface area contributed by atoms with Gasteiger partial charge < -0.3 is 4.90 Å². The first-order chi connectivity index (χ1) is 18.7. The van der Waals surface area contributed by atoms with E-state index in [1.807, 2.05) is 0 Å². The van der Waals surface area contributed by atoms with Crippen LogP contribution in [0.2, 0.25) is 0 Å². The van der Waals surface area contributed by atoms with E-state index in [1.54, 1.807) is 12.8 Å². The maximum Gasteiger partial charge on any atom is -0.00220 e. The van der Waals surface area contributed by atoms with Crippen LogP contribution in [-0.4, -0.2) is 25.5 Å². The Labute approximate surface area is 252 Å². The molecule has 0 saturated heterocycles. The van der Waals surface area contributed by atoms with Crippen LogP contribution in [0.1, 0.15) is 140 Å². The highest BCUT2D eigenvalue weighted by molar-refractivity contribution is 5.20. The summed E-state index contributed by atoms with van der Waals surface area (Å²) >= 11 is 0. The molecule has 0 heterocycles. The van der Waals surface area contributed by atoms with Crippen molar-refractivity contribution in [2.24, 2.45) is 87.3 Å². The predicted molar refractivity (Wildman–Crippen MR) is 176 cm³/mol. The molecule has 1 nitrogen and oxygen atoms in total. The van der Waals surface area contributed by atoms with Gasteiger partial charge in [0, 0.05) is 0 Å². The Morgan fingerprint density at radius 2 is 1.48 bits per heavy atom. The van der Waals surface area contributed by atoms with Gasteiger partial charge in [0.1, 0.15) is 0 Å². The summed E-state index contributed by atoms with van der Waals surface area (Å²) in [7, 11) is 4.58. The van der Waals surface area contributed by atoms with Crippen LogP contribution in [0.5, 0.6) is 0 Å². The minimum atomic E-state index is 0.395. The molecule has 2 bridgehead atoms. The highest BCUT2D eigenvalue weighted by Crippen LogP contribution is 2.79. The summed E-state index contributed by atoms with van der Waals surface area (Å²) < 4.78 is 0. The average Bonchev–Trinajstić information content (AvgIpc) is 3.21. The lowest BCUT2D eigenvalue weighted by molar-refractivity contribution is -0.269. The van der Waals surface area contributed by atoms with Crippen molar-refractivity contribution in [2.45, 2.75) is 140 Å². The van der Waals surface area contributed by atoms with Gasteiger partial charge in [0.2, 0.25) is 0 Å². The van der Waals surface area contributed by atoms with E-state index >= 15 is 0 Å². The first-order valence-electron chi connectivity index (χ1n) is 18.4. The molecule has 5 aliphatic rings. The van der Waals surface area contributed by atoms with E-state index in [-0.39, 0.29) is 0 Å². The number of rotatable bonds is 10. The van der Waals surface area contributed by atoms with Crippen LogP contribution in [0.4, 0.5) is 0 Å². The average molecular weight is 556 g/mol. The molecule has 1 heteroatoms. The van der Waals surface area contributed by atoms with Crippen molar-refractivity contribution in [1.82, 2.24) is 4.90 Å². The zero-order valence-electron chi connectivity index (χ0n) is 29.7. The normalized spacial score (nSPS) is 47.1. The van der Waals surface area contributed by atoms with Gasteiger partial charge >= 0.3 is 0 Å². The van der Waals surface area contributed by atoms with Crippen LogP contribution < -0.4 is 0 Å². The summed E-state index contributed by atoms with van der Waals surface area (Å²) in [6.45, 7) is 30.7. The van der Waals surface area contributed by atoms with Crippen molar-refractivity contribution in [3.05, 3.63) is 0 Å². The van der Waals surface area contributed by atoms with Crippen LogP contribution in [-0.2, 0) is 0 Å². The van der Waals surface area contributed by atoms with E-state index in [1.165, 1.54) is 57.9 Å². The van der Waals surface area contributed by atoms with Crippen molar-refractivity contribution < 1.29 is 0 Å². The lowest BCUT2D eigenvalue weighted by atomic mass is 9.30. The molecule has 9 unspecified atom stereocenters. The minimum Gasteiger partial charge on any atom is -0.309 e. The van der Waals surface area contributed by atoms with Gasteiger partial charge in [-0.25, -0.2) is 0 Å². The number of nitrogens with zero attached hydrogens (tertiary/aromatic N) is 1. The van der Waals surface area contributed by atoms with Crippen LogP contribution >= 0.6 is 0 Å². The van der Waals surface area contributed by atoms with Crippen molar-refractivity contribution >= 4 is 0 Å². The molecule has 5 saturated carbocycles. The maximum absolute atomic E-state index is 2.91. The van der Waals surface area contributed by atoms with Crippen LogP contribution in [0.3, 0.4) is 0 Å². The highest BCUT2D eigenvalue weighted by atomic mass is 15.0. The van der Waals surface area contributed by atoms with Crippen molar-refractivity contribution in [3.8, 4) is 0 Å². The highest BCUT2D eigenvalue weighted by Gasteiger charge is 2.72. The molecule has 0 aromatic heterocycles. The molecule has 5 rings (SSSR count). The van der Waals surface area contributed by atoms with Gasteiger partial charge in [0.25, 0.3) is 0 Å². The number of hydrogen-bond acceptors (Lipinski definition) is 1. The van der Waals surface area contributed by atoms with Crippen LogP contribution in [0.15, 0.2) is 0 Å². The van der Waals surface area contributed by atoms with E-state index in [0.717, 1.165) is 71.0 Å². The van der Waals surface area contributed by atoms with Gasteiger partial charge in [-0.1, -0.05) is 89.0 Å². The Balaban J connectivity index is 1.91. The van der Waals surface area contributed by atoms with Gasteiger partial charge in [-0.2, -0.15) is 0 Å². The molecule has 0 amide bonds. The Bertz CT molecular complexity index is 815. The van der Waals surface area contributed by atoms with E-state index in [4.69, 9.17) is 0 Å². The third-order valence-corrected chi connectivity index (χ3v) is 16.0. The Morgan fingerprint density at radius 3 is 1.93 bits per heavy atom. The zero-order chi connectivity index (χ0) is 29.8. The van der Waals surface area contributed by atoms with Crippen molar-refractivity contribution in [3.63, 3.8) is 0 Å². The molecule has 234 valence electrons. The maximum atomic E-state index is 2.91. The van der Waals surface area contributed by atoms with E-state index in [9.17, 15) is 0 Å². The second kappa shape index (κ2) is 12.2. The summed E-state index contributed by atoms with van der Waals surface area (Å²) in [5, 5.41) is 0. The van der Waals surface area contributed by atoms with E-state index in [2.05, 4.69) is 95.2 Å². The molecular formula is C39H73N. The largest absolute Gasteiger partial charge is 0.309 e. The zero-order valence-corrected chi connectivity index (χ0v) is 29.7. The summed E-state index contributed by atoms with van der Waals surface area (Å²) in [6, 6.07) is 0. The second-order valence-electron chi connectivity index (χ2n) is 17.6. The molecular weight excluding hydrogens is 482 g/mol. The predicted octanol–water partition coefficient (Wildman–Crippen LogP) is 11.1. The van der Waals surface area contributed by atoms with Gasteiger partial charge in [-0.05, 0) is 159 Å². The molecule has 0 aromatic rings.